The lowest BCUT2D eigenvalue weighted by molar-refractivity contribution is -0.129. The third kappa shape index (κ3) is 3.45. The molecule has 1 atom stereocenters. The van der Waals surface area contributed by atoms with Crippen LogP contribution in [0.4, 0.5) is 0 Å². The molecule has 1 unspecified atom stereocenters. The lowest BCUT2D eigenvalue weighted by Gasteiger charge is -2.06. The molecule has 0 aliphatic carbocycles. The molecule has 0 aromatic rings. The summed E-state index contributed by atoms with van der Waals surface area (Å²) in [6, 6.07) is 0. The summed E-state index contributed by atoms with van der Waals surface area (Å²) in [7, 11) is 1.53. The Balaban J connectivity index is 3.41. The van der Waals surface area contributed by atoms with Crippen molar-refractivity contribution < 1.29 is 9.90 Å². The average Bonchev–Trinajstić information content (AvgIpc) is 1.98. The third-order valence-corrected chi connectivity index (χ3v) is 1.38. The molecule has 60 valence electrons. The average molecular weight is 145 g/mol. The van der Waals surface area contributed by atoms with Crippen LogP contribution in [0, 0.1) is 0 Å². The first kappa shape index (κ1) is 9.43. The number of hydrogen-bond acceptors (Lipinski definition) is 2. The van der Waals surface area contributed by atoms with Gasteiger partial charge >= 0.3 is 0 Å². The van der Waals surface area contributed by atoms with Crippen LogP contribution in [0.25, 0.3) is 0 Å². The van der Waals surface area contributed by atoms with Gasteiger partial charge in [-0.2, -0.15) is 0 Å². The summed E-state index contributed by atoms with van der Waals surface area (Å²) in [6.07, 6.45) is 1.66. The Morgan fingerprint density at radius 2 is 2.30 bits per heavy atom. The smallest absolute Gasteiger partial charge is 0.248 e. The fourth-order valence-corrected chi connectivity index (χ4v) is 0.695. The Kier molecular flexibility index (Phi) is 4.94. The minimum atomic E-state index is -0.815. The Bertz CT molecular complexity index is 104. The van der Waals surface area contributed by atoms with Crippen molar-refractivity contribution in [3.63, 3.8) is 0 Å². The number of unbranched alkanes of at least 4 members (excludes halogenated alkanes) is 1. The van der Waals surface area contributed by atoms with Gasteiger partial charge in [0.2, 0.25) is 5.91 Å². The topological polar surface area (TPSA) is 49.3 Å². The highest BCUT2D eigenvalue weighted by molar-refractivity contribution is 5.79. The van der Waals surface area contributed by atoms with Crippen molar-refractivity contribution in [3.05, 3.63) is 0 Å². The monoisotopic (exact) mass is 145 g/mol. The molecule has 10 heavy (non-hydrogen) atoms. The molecular formula is C7H15NO2. The molecule has 0 spiro atoms. The number of amides is 1. The Hall–Kier alpha value is -0.570. The van der Waals surface area contributed by atoms with Crippen molar-refractivity contribution >= 4 is 5.91 Å². The minimum Gasteiger partial charge on any atom is -0.383 e. The highest BCUT2D eigenvalue weighted by Gasteiger charge is 2.10. The number of rotatable bonds is 4. The van der Waals surface area contributed by atoms with E-state index >= 15 is 0 Å². The first-order chi connectivity index (χ1) is 4.72. The molecule has 0 saturated heterocycles. The zero-order valence-corrected chi connectivity index (χ0v) is 6.55. The quantitative estimate of drug-likeness (QED) is 0.597. The largest absolute Gasteiger partial charge is 0.383 e. The van der Waals surface area contributed by atoms with Gasteiger partial charge in [-0.25, -0.2) is 0 Å². The van der Waals surface area contributed by atoms with E-state index in [9.17, 15) is 4.79 Å². The molecular weight excluding hydrogens is 130 g/mol. The van der Waals surface area contributed by atoms with Crippen molar-refractivity contribution in [1.29, 1.82) is 0 Å². The van der Waals surface area contributed by atoms with Crippen molar-refractivity contribution in [2.45, 2.75) is 32.3 Å². The van der Waals surface area contributed by atoms with Gasteiger partial charge in [0.25, 0.3) is 0 Å². The molecule has 1 amide bonds. The summed E-state index contributed by atoms with van der Waals surface area (Å²) in [6.45, 7) is 2.02. The fourth-order valence-electron chi connectivity index (χ4n) is 0.695. The maximum atomic E-state index is 10.7. The summed E-state index contributed by atoms with van der Waals surface area (Å²) in [5.41, 5.74) is 0. The molecule has 0 aliphatic heterocycles. The Morgan fingerprint density at radius 1 is 1.70 bits per heavy atom. The fraction of sp³-hybridized carbons (Fsp3) is 0.857. The zero-order valence-electron chi connectivity index (χ0n) is 6.55. The highest BCUT2D eigenvalue weighted by Crippen LogP contribution is 1.99. The maximum Gasteiger partial charge on any atom is 0.248 e. The van der Waals surface area contributed by atoms with E-state index in [-0.39, 0.29) is 5.91 Å². The van der Waals surface area contributed by atoms with Gasteiger partial charge in [-0.1, -0.05) is 19.8 Å². The van der Waals surface area contributed by atoms with Crippen LogP contribution in [-0.4, -0.2) is 24.2 Å². The number of nitrogens with one attached hydrogen (secondary N) is 1. The first-order valence-electron chi connectivity index (χ1n) is 3.62. The molecule has 0 fully saturated rings. The Labute approximate surface area is 61.4 Å². The van der Waals surface area contributed by atoms with E-state index in [0.717, 1.165) is 12.8 Å². The van der Waals surface area contributed by atoms with Crippen molar-refractivity contribution in [2.24, 2.45) is 0 Å². The van der Waals surface area contributed by atoms with Crippen LogP contribution in [0.5, 0.6) is 0 Å². The van der Waals surface area contributed by atoms with Gasteiger partial charge in [-0.15, -0.1) is 0 Å². The number of likely N-dealkylation sites (N-methyl/N-ethyl adjacent to an activating group) is 1. The summed E-state index contributed by atoms with van der Waals surface area (Å²) < 4.78 is 0. The second kappa shape index (κ2) is 5.23. The van der Waals surface area contributed by atoms with E-state index in [2.05, 4.69) is 5.32 Å². The van der Waals surface area contributed by atoms with Crippen LogP contribution in [0.1, 0.15) is 26.2 Å². The molecule has 0 saturated carbocycles. The van der Waals surface area contributed by atoms with Crippen molar-refractivity contribution in [3.8, 4) is 0 Å². The molecule has 0 aromatic carbocycles. The number of aliphatic hydroxyl groups excluding tert-OH is 1. The van der Waals surface area contributed by atoms with Crippen LogP contribution < -0.4 is 5.32 Å². The summed E-state index contributed by atoms with van der Waals surface area (Å²) >= 11 is 0. The molecule has 0 aromatic heterocycles. The number of carbonyl (C=O) groups excluding carboxylic acids is 1. The second-order valence-corrected chi connectivity index (χ2v) is 2.27. The molecule has 0 heterocycles. The van der Waals surface area contributed by atoms with Gasteiger partial charge in [0, 0.05) is 7.05 Å². The second-order valence-electron chi connectivity index (χ2n) is 2.27. The summed E-state index contributed by atoms with van der Waals surface area (Å²) in [5, 5.41) is 11.4. The van der Waals surface area contributed by atoms with Crippen LogP contribution in [0.15, 0.2) is 0 Å². The zero-order chi connectivity index (χ0) is 7.98. The van der Waals surface area contributed by atoms with E-state index in [4.69, 9.17) is 5.11 Å². The molecule has 0 radical (unpaired) electrons. The number of aliphatic hydroxyl groups is 1. The highest BCUT2D eigenvalue weighted by atomic mass is 16.3. The van der Waals surface area contributed by atoms with E-state index in [0.29, 0.717) is 6.42 Å². The molecule has 0 rings (SSSR count). The van der Waals surface area contributed by atoms with Crippen molar-refractivity contribution in [2.75, 3.05) is 7.05 Å². The molecule has 2 N–H and O–H groups in total. The van der Waals surface area contributed by atoms with E-state index in [1.54, 1.807) is 0 Å². The maximum absolute atomic E-state index is 10.7. The molecule has 3 nitrogen and oxygen atoms in total. The first-order valence-corrected chi connectivity index (χ1v) is 3.62. The van der Waals surface area contributed by atoms with Crippen LogP contribution in [-0.2, 0) is 4.79 Å². The predicted octanol–water partition coefficient (Wildman–Crippen LogP) is 0.283. The Morgan fingerprint density at radius 3 is 2.70 bits per heavy atom. The van der Waals surface area contributed by atoms with Gasteiger partial charge in [0.15, 0.2) is 0 Å². The van der Waals surface area contributed by atoms with Gasteiger partial charge < -0.3 is 10.4 Å². The summed E-state index contributed by atoms with van der Waals surface area (Å²) in [5.74, 6) is -0.284. The van der Waals surface area contributed by atoms with Gasteiger partial charge in [-0.3, -0.25) is 4.79 Å². The SMILES string of the molecule is CCCCC(O)C(=O)NC. The molecule has 0 bridgehead atoms. The van der Waals surface area contributed by atoms with Crippen LogP contribution in [0.2, 0.25) is 0 Å². The molecule has 3 heteroatoms. The summed E-state index contributed by atoms with van der Waals surface area (Å²) in [4.78, 5) is 10.7. The number of hydrogen-bond donors (Lipinski definition) is 2. The van der Waals surface area contributed by atoms with Crippen molar-refractivity contribution in [1.82, 2.24) is 5.32 Å². The van der Waals surface area contributed by atoms with E-state index in [1.807, 2.05) is 6.92 Å². The lowest BCUT2D eigenvalue weighted by atomic mass is 10.1. The van der Waals surface area contributed by atoms with E-state index < -0.39 is 6.10 Å². The molecule has 0 aliphatic rings. The standard InChI is InChI=1S/C7H15NO2/c1-3-4-5-6(9)7(10)8-2/h6,9H,3-5H2,1-2H3,(H,8,10). The van der Waals surface area contributed by atoms with E-state index in [1.165, 1.54) is 7.05 Å². The van der Waals surface area contributed by atoms with Gasteiger partial charge in [0.1, 0.15) is 6.10 Å². The van der Waals surface area contributed by atoms with Crippen LogP contribution in [0.3, 0.4) is 0 Å². The van der Waals surface area contributed by atoms with Crippen LogP contribution >= 0.6 is 0 Å². The third-order valence-electron chi connectivity index (χ3n) is 1.38. The number of carbonyl (C=O) groups is 1. The normalized spacial score (nSPS) is 12.7. The lowest BCUT2D eigenvalue weighted by Crippen LogP contribution is -2.31. The predicted molar refractivity (Wildman–Crippen MR) is 39.6 cm³/mol. The van der Waals surface area contributed by atoms with Gasteiger partial charge in [0.05, 0.1) is 0 Å². The van der Waals surface area contributed by atoms with Gasteiger partial charge in [-0.05, 0) is 6.42 Å². The minimum absolute atomic E-state index is 0.284.